The summed E-state index contributed by atoms with van der Waals surface area (Å²) in [5.74, 6) is -0.775. The lowest BCUT2D eigenvalue weighted by Crippen LogP contribution is -2.42. The van der Waals surface area contributed by atoms with Crippen molar-refractivity contribution in [1.29, 1.82) is 0 Å². The fraction of sp³-hybridized carbons (Fsp3) is 0.348. The molecule has 2 aromatic carbocycles. The minimum atomic E-state index is -0.547. The van der Waals surface area contributed by atoms with E-state index in [1.165, 1.54) is 4.90 Å². The number of hydrogen-bond donors (Lipinski definition) is 1. The molecule has 0 aromatic heterocycles. The SMILES string of the molecule is CCOc1ccccc1N1CC(C(=O)N(CC)CC(=O)Nc2c(Cl)cccc2Cl)CC1=O. The van der Waals surface area contributed by atoms with Crippen molar-refractivity contribution in [2.75, 3.05) is 36.5 Å². The molecule has 1 unspecified atom stereocenters. The summed E-state index contributed by atoms with van der Waals surface area (Å²) in [6.07, 6.45) is 0.0771. The van der Waals surface area contributed by atoms with Gasteiger partial charge in [0.2, 0.25) is 17.7 Å². The summed E-state index contributed by atoms with van der Waals surface area (Å²) in [6, 6.07) is 12.2. The molecule has 170 valence electrons. The number of carbonyl (C=O) groups excluding carboxylic acids is 3. The Morgan fingerprint density at radius 3 is 2.47 bits per heavy atom. The molecule has 9 heteroatoms. The van der Waals surface area contributed by atoms with Crippen LogP contribution in [0.25, 0.3) is 0 Å². The topological polar surface area (TPSA) is 79.0 Å². The van der Waals surface area contributed by atoms with Crippen LogP contribution in [0.4, 0.5) is 11.4 Å². The van der Waals surface area contributed by atoms with Crippen LogP contribution in [0.1, 0.15) is 20.3 Å². The summed E-state index contributed by atoms with van der Waals surface area (Å²) >= 11 is 12.2. The summed E-state index contributed by atoms with van der Waals surface area (Å²) in [7, 11) is 0. The van der Waals surface area contributed by atoms with E-state index in [4.69, 9.17) is 27.9 Å². The molecule has 1 saturated heterocycles. The number of nitrogens with one attached hydrogen (secondary N) is 1. The van der Waals surface area contributed by atoms with E-state index in [1.807, 2.05) is 19.1 Å². The number of para-hydroxylation sites is 3. The summed E-state index contributed by atoms with van der Waals surface area (Å²) in [4.78, 5) is 41.4. The van der Waals surface area contributed by atoms with Crippen molar-refractivity contribution in [3.05, 3.63) is 52.5 Å². The minimum absolute atomic E-state index is 0.0771. The van der Waals surface area contributed by atoms with E-state index in [2.05, 4.69) is 5.32 Å². The fourth-order valence-corrected chi connectivity index (χ4v) is 4.13. The van der Waals surface area contributed by atoms with Gasteiger partial charge in [-0.3, -0.25) is 14.4 Å². The number of likely N-dealkylation sites (N-methyl/N-ethyl adjacent to an activating group) is 1. The van der Waals surface area contributed by atoms with E-state index < -0.39 is 11.8 Å². The summed E-state index contributed by atoms with van der Waals surface area (Å²) in [5.41, 5.74) is 0.947. The molecule has 0 saturated carbocycles. The van der Waals surface area contributed by atoms with E-state index >= 15 is 0 Å². The largest absolute Gasteiger partial charge is 0.492 e. The fourth-order valence-electron chi connectivity index (χ4n) is 3.64. The second-order valence-electron chi connectivity index (χ2n) is 7.30. The molecule has 1 N–H and O–H groups in total. The monoisotopic (exact) mass is 477 g/mol. The van der Waals surface area contributed by atoms with Crippen molar-refractivity contribution in [3.8, 4) is 5.75 Å². The number of halogens is 2. The standard InChI is InChI=1S/C23H25Cl2N3O4/c1-3-27(14-20(29)26-22-16(24)8-7-9-17(22)25)23(31)15-12-21(30)28(13-15)18-10-5-6-11-19(18)32-4-2/h5-11,15H,3-4,12-14H2,1-2H3,(H,26,29). The molecule has 7 nitrogen and oxygen atoms in total. The zero-order valence-electron chi connectivity index (χ0n) is 17.9. The van der Waals surface area contributed by atoms with Crippen LogP contribution in [0.2, 0.25) is 10.0 Å². The molecule has 1 aliphatic rings. The van der Waals surface area contributed by atoms with Gasteiger partial charge in [-0.15, -0.1) is 0 Å². The van der Waals surface area contributed by atoms with Crippen LogP contribution in [-0.4, -0.2) is 48.9 Å². The lowest BCUT2D eigenvalue weighted by Gasteiger charge is -2.24. The van der Waals surface area contributed by atoms with Gasteiger partial charge >= 0.3 is 0 Å². The summed E-state index contributed by atoms with van der Waals surface area (Å²) < 4.78 is 5.63. The molecular weight excluding hydrogens is 453 g/mol. The Morgan fingerprint density at radius 2 is 1.81 bits per heavy atom. The van der Waals surface area contributed by atoms with Gasteiger partial charge in [0.25, 0.3) is 0 Å². The van der Waals surface area contributed by atoms with Crippen LogP contribution < -0.4 is 15.0 Å². The van der Waals surface area contributed by atoms with Gasteiger partial charge in [-0.1, -0.05) is 41.4 Å². The Morgan fingerprint density at radius 1 is 1.12 bits per heavy atom. The van der Waals surface area contributed by atoms with Crippen molar-refractivity contribution in [1.82, 2.24) is 4.90 Å². The van der Waals surface area contributed by atoms with Gasteiger partial charge in [-0.25, -0.2) is 0 Å². The third kappa shape index (κ3) is 5.34. The van der Waals surface area contributed by atoms with E-state index in [1.54, 1.807) is 42.2 Å². The highest BCUT2D eigenvalue weighted by atomic mass is 35.5. The number of ether oxygens (including phenoxy) is 1. The normalized spacial score (nSPS) is 15.6. The molecule has 1 aliphatic heterocycles. The van der Waals surface area contributed by atoms with Crippen molar-refractivity contribution < 1.29 is 19.1 Å². The Balaban J connectivity index is 1.68. The quantitative estimate of drug-likeness (QED) is 0.616. The van der Waals surface area contributed by atoms with Gasteiger partial charge in [-0.2, -0.15) is 0 Å². The van der Waals surface area contributed by atoms with E-state index in [0.29, 0.717) is 40.3 Å². The van der Waals surface area contributed by atoms with Crippen LogP contribution >= 0.6 is 23.2 Å². The predicted octanol–water partition coefficient (Wildman–Crippen LogP) is 4.23. The van der Waals surface area contributed by atoms with E-state index in [9.17, 15) is 14.4 Å². The molecule has 0 aliphatic carbocycles. The first kappa shape index (κ1) is 23.9. The van der Waals surface area contributed by atoms with Crippen molar-refractivity contribution in [2.24, 2.45) is 5.92 Å². The number of hydrogen-bond acceptors (Lipinski definition) is 4. The average molecular weight is 478 g/mol. The van der Waals surface area contributed by atoms with Crippen molar-refractivity contribution in [2.45, 2.75) is 20.3 Å². The first-order valence-electron chi connectivity index (χ1n) is 10.4. The molecule has 2 aromatic rings. The van der Waals surface area contributed by atoms with Crippen LogP contribution in [0.3, 0.4) is 0 Å². The third-order valence-corrected chi connectivity index (χ3v) is 5.82. The maximum Gasteiger partial charge on any atom is 0.244 e. The van der Waals surface area contributed by atoms with Gasteiger partial charge in [-0.05, 0) is 38.1 Å². The Kier molecular flexibility index (Phi) is 7.99. The number of rotatable bonds is 8. The Bertz CT molecular complexity index is 994. The van der Waals surface area contributed by atoms with Crippen molar-refractivity contribution >= 4 is 52.3 Å². The highest BCUT2D eigenvalue weighted by molar-refractivity contribution is 6.39. The smallest absolute Gasteiger partial charge is 0.244 e. The minimum Gasteiger partial charge on any atom is -0.492 e. The number of anilines is 2. The van der Waals surface area contributed by atoms with Crippen LogP contribution in [0.5, 0.6) is 5.75 Å². The summed E-state index contributed by atoms with van der Waals surface area (Å²) in [6.45, 7) is 4.51. The lowest BCUT2D eigenvalue weighted by molar-refractivity contribution is -0.138. The Labute approximate surface area is 197 Å². The maximum atomic E-state index is 13.1. The van der Waals surface area contributed by atoms with Crippen LogP contribution in [-0.2, 0) is 14.4 Å². The molecule has 0 radical (unpaired) electrons. The second-order valence-corrected chi connectivity index (χ2v) is 8.12. The zero-order valence-corrected chi connectivity index (χ0v) is 19.4. The maximum absolute atomic E-state index is 13.1. The summed E-state index contributed by atoms with van der Waals surface area (Å²) in [5, 5.41) is 3.28. The highest BCUT2D eigenvalue weighted by Crippen LogP contribution is 2.34. The Hall–Kier alpha value is -2.77. The highest BCUT2D eigenvalue weighted by Gasteiger charge is 2.38. The van der Waals surface area contributed by atoms with E-state index in [0.717, 1.165) is 0 Å². The molecule has 1 heterocycles. The second kappa shape index (κ2) is 10.7. The molecule has 3 amide bonds. The van der Waals surface area contributed by atoms with Gasteiger partial charge in [0, 0.05) is 19.5 Å². The molecule has 1 fully saturated rings. The van der Waals surface area contributed by atoms with Crippen molar-refractivity contribution in [3.63, 3.8) is 0 Å². The molecule has 3 rings (SSSR count). The number of amides is 3. The number of benzene rings is 2. The average Bonchev–Trinajstić information content (AvgIpc) is 3.16. The zero-order chi connectivity index (χ0) is 23.3. The van der Waals surface area contributed by atoms with Gasteiger partial charge < -0.3 is 19.9 Å². The van der Waals surface area contributed by atoms with E-state index in [-0.39, 0.29) is 31.3 Å². The van der Waals surface area contributed by atoms with Gasteiger partial charge in [0.15, 0.2) is 0 Å². The molecule has 32 heavy (non-hydrogen) atoms. The van der Waals surface area contributed by atoms with Crippen LogP contribution in [0.15, 0.2) is 42.5 Å². The van der Waals surface area contributed by atoms with Gasteiger partial charge in [0.05, 0.1) is 40.5 Å². The van der Waals surface area contributed by atoms with Crippen LogP contribution in [0, 0.1) is 5.92 Å². The molecule has 0 bridgehead atoms. The number of carbonyl (C=O) groups is 3. The number of nitrogens with zero attached hydrogens (tertiary/aromatic N) is 2. The third-order valence-electron chi connectivity index (χ3n) is 5.19. The lowest BCUT2D eigenvalue weighted by atomic mass is 10.1. The molecular formula is C23H25Cl2N3O4. The molecule has 0 spiro atoms. The predicted molar refractivity (Wildman–Crippen MR) is 125 cm³/mol. The molecule has 1 atom stereocenters. The first-order valence-corrected chi connectivity index (χ1v) is 11.2. The van der Waals surface area contributed by atoms with Gasteiger partial charge in [0.1, 0.15) is 5.75 Å². The first-order chi connectivity index (χ1) is 15.3.